The second-order valence-electron chi connectivity index (χ2n) is 5.90. The Kier molecular flexibility index (Phi) is 5.29. The van der Waals surface area contributed by atoms with Gasteiger partial charge < -0.3 is 14.4 Å². The normalized spacial score (nSPS) is 11.3. The summed E-state index contributed by atoms with van der Waals surface area (Å²) in [5, 5.41) is 14.7. The molecule has 0 atom stereocenters. The minimum Gasteiger partial charge on any atom is -0.478 e. The number of rotatable bonds is 7. The van der Waals surface area contributed by atoms with Gasteiger partial charge in [-0.25, -0.2) is 18.4 Å². The van der Waals surface area contributed by atoms with E-state index < -0.39 is 16.0 Å². The molecule has 140 valence electrons. The third-order valence-electron chi connectivity index (χ3n) is 3.95. The Morgan fingerprint density at radius 3 is 2.33 bits per heavy atom. The lowest BCUT2D eigenvalue weighted by Crippen LogP contribution is -2.16. The number of ether oxygens (including phenoxy) is 1. The second-order valence-corrected chi connectivity index (χ2v) is 7.43. The van der Waals surface area contributed by atoms with E-state index in [1.807, 2.05) is 29.1 Å². The van der Waals surface area contributed by atoms with Crippen LogP contribution in [-0.4, -0.2) is 24.1 Å². The van der Waals surface area contributed by atoms with Gasteiger partial charge in [-0.15, -0.1) is 0 Å². The number of sulfonamides is 1. The molecule has 2 aromatic carbocycles. The Morgan fingerprint density at radius 2 is 1.74 bits per heavy atom. The van der Waals surface area contributed by atoms with Crippen LogP contribution in [0.3, 0.4) is 0 Å². The second kappa shape index (κ2) is 7.65. The highest BCUT2D eigenvalue weighted by molar-refractivity contribution is 7.89. The summed E-state index contributed by atoms with van der Waals surface area (Å²) >= 11 is 0. The van der Waals surface area contributed by atoms with Crippen LogP contribution >= 0.6 is 0 Å². The van der Waals surface area contributed by atoms with Gasteiger partial charge in [-0.05, 0) is 48.4 Å². The van der Waals surface area contributed by atoms with Gasteiger partial charge in [-0.3, -0.25) is 0 Å². The molecular weight excluding hydrogens is 368 g/mol. The Labute approximate surface area is 156 Å². The van der Waals surface area contributed by atoms with E-state index in [0.717, 1.165) is 6.07 Å². The molecule has 0 saturated carbocycles. The minimum atomic E-state index is -4.20. The highest BCUT2D eigenvalue weighted by Gasteiger charge is 2.23. The number of carboxylic acids is 1. The molecule has 0 aliphatic carbocycles. The van der Waals surface area contributed by atoms with Crippen molar-refractivity contribution < 1.29 is 23.1 Å². The van der Waals surface area contributed by atoms with Crippen molar-refractivity contribution in [3.05, 3.63) is 78.1 Å². The molecule has 0 aliphatic heterocycles. The molecule has 7 nitrogen and oxygen atoms in total. The van der Waals surface area contributed by atoms with Crippen molar-refractivity contribution in [3.63, 3.8) is 0 Å². The number of primary sulfonamides is 1. The predicted molar refractivity (Wildman–Crippen MR) is 99.4 cm³/mol. The summed E-state index contributed by atoms with van der Waals surface area (Å²) in [5.41, 5.74) is 0.276. The summed E-state index contributed by atoms with van der Waals surface area (Å²) in [5.74, 6) is -0.776. The summed E-state index contributed by atoms with van der Waals surface area (Å²) in [6, 6.07) is 14.8. The fourth-order valence-corrected chi connectivity index (χ4v) is 3.39. The van der Waals surface area contributed by atoms with Crippen LogP contribution in [0.2, 0.25) is 0 Å². The summed E-state index contributed by atoms with van der Waals surface area (Å²) in [6.07, 6.45) is 4.08. The Bertz CT molecular complexity index is 1050. The van der Waals surface area contributed by atoms with Crippen molar-refractivity contribution >= 4 is 16.0 Å². The number of aryl methyl sites for hydroxylation is 2. The van der Waals surface area contributed by atoms with Gasteiger partial charge >= 0.3 is 5.97 Å². The van der Waals surface area contributed by atoms with Crippen molar-refractivity contribution in [3.8, 4) is 11.5 Å². The van der Waals surface area contributed by atoms with E-state index in [1.54, 1.807) is 30.3 Å². The number of aromatic nitrogens is 1. The first-order valence-electron chi connectivity index (χ1n) is 8.11. The van der Waals surface area contributed by atoms with Gasteiger partial charge in [0.15, 0.2) is 5.75 Å². The summed E-state index contributed by atoms with van der Waals surface area (Å²) < 4.78 is 31.9. The first-order chi connectivity index (χ1) is 12.8. The van der Waals surface area contributed by atoms with Crippen LogP contribution in [0.1, 0.15) is 15.9 Å². The van der Waals surface area contributed by atoms with E-state index in [4.69, 9.17) is 9.88 Å². The lowest BCUT2D eigenvalue weighted by molar-refractivity contribution is 0.0696. The van der Waals surface area contributed by atoms with Gasteiger partial charge in [0.05, 0.1) is 5.56 Å². The molecule has 3 rings (SSSR count). The van der Waals surface area contributed by atoms with Gasteiger partial charge in [-0.2, -0.15) is 0 Å². The number of para-hydroxylation sites is 1. The largest absolute Gasteiger partial charge is 0.478 e. The molecular formula is C19H18N2O5S. The standard InChI is InChI=1S/C19H18N2O5S/c20-27(24,25)17-13-15(19(22)23)12-14(8-11-21-9-4-5-10-21)18(17)26-16-6-2-1-3-7-16/h1-7,9-10,12-13H,8,11H2,(H,22,23)(H2,20,24,25). The van der Waals surface area contributed by atoms with Crippen molar-refractivity contribution in [1.82, 2.24) is 4.57 Å². The van der Waals surface area contributed by atoms with Gasteiger partial charge in [-0.1, -0.05) is 18.2 Å². The average Bonchev–Trinajstić information content (AvgIpc) is 3.14. The van der Waals surface area contributed by atoms with Crippen molar-refractivity contribution in [1.29, 1.82) is 0 Å². The van der Waals surface area contributed by atoms with E-state index in [0.29, 0.717) is 24.3 Å². The van der Waals surface area contributed by atoms with E-state index in [2.05, 4.69) is 0 Å². The Balaban J connectivity index is 2.11. The smallest absolute Gasteiger partial charge is 0.335 e. The molecule has 0 fully saturated rings. The zero-order valence-corrected chi connectivity index (χ0v) is 15.1. The summed E-state index contributed by atoms with van der Waals surface area (Å²) in [6.45, 7) is 0.519. The van der Waals surface area contributed by atoms with Crippen LogP contribution in [-0.2, 0) is 23.0 Å². The number of carboxylic acid groups (broad SMARTS) is 1. The molecule has 0 aliphatic rings. The van der Waals surface area contributed by atoms with E-state index >= 15 is 0 Å². The van der Waals surface area contributed by atoms with Crippen LogP contribution in [0.5, 0.6) is 11.5 Å². The quantitative estimate of drug-likeness (QED) is 0.648. The van der Waals surface area contributed by atoms with Gasteiger partial charge in [0.2, 0.25) is 10.0 Å². The first kappa shape index (κ1) is 18.7. The fraction of sp³-hybridized carbons (Fsp3) is 0.105. The average molecular weight is 386 g/mol. The monoisotopic (exact) mass is 386 g/mol. The maximum atomic E-state index is 12.1. The van der Waals surface area contributed by atoms with Crippen LogP contribution < -0.4 is 9.88 Å². The molecule has 1 heterocycles. The van der Waals surface area contributed by atoms with Crippen LogP contribution in [0, 0.1) is 0 Å². The molecule has 3 N–H and O–H groups in total. The number of hydrogen-bond donors (Lipinski definition) is 2. The molecule has 0 unspecified atom stereocenters. The summed E-state index contributed by atoms with van der Waals surface area (Å²) in [4.78, 5) is 11.1. The number of aromatic carboxylic acids is 1. The van der Waals surface area contributed by atoms with Crippen LogP contribution in [0.25, 0.3) is 0 Å². The highest BCUT2D eigenvalue weighted by Crippen LogP contribution is 2.34. The lowest BCUT2D eigenvalue weighted by Gasteiger charge is -2.16. The first-order valence-corrected chi connectivity index (χ1v) is 9.66. The molecule has 27 heavy (non-hydrogen) atoms. The lowest BCUT2D eigenvalue weighted by atomic mass is 10.1. The van der Waals surface area contributed by atoms with Crippen LogP contribution in [0.15, 0.2) is 71.9 Å². The molecule has 8 heteroatoms. The van der Waals surface area contributed by atoms with Crippen molar-refractivity contribution in [2.24, 2.45) is 5.14 Å². The SMILES string of the molecule is NS(=O)(=O)c1cc(C(=O)O)cc(CCn2cccc2)c1Oc1ccccc1. The number of nitrogens with two attached hydrogens (primary N) is 1. The molecule has 0 bridgehead atoms. The Hall–Kier alpha value is -3.10. The minimum absolute atomic E-state index is 0.0425. The van der Waals surface area contributed by atoms with Crippen molar-refractivity contribution in [2.75, 3.05) is 0 Å². The number of benzene rings is 2. The zero-order chi connectivity index (χ0) is 19.4. The molecule has 1 aromatic heterocycles. The van der Waals surface area contributed by atoms with Gasteiger partial charge in [0.1, 0.15) is 10.6 Å². The molecule has 0 amide bonds. The number of carbonyl (C=O) groups is 1. The van der Waals surface area contributed by atoms with Gasteiger partial charge in [0, 0.05) is 18.9 Å². The summed E-state index contributed by atoms with van der Waals surface area (Å²) in [7, 11) is -4.20. The van der Waals surface area contributed by atoms with Crippen LogP contribution in [0.4, 0.5) is 0 Å². The van der Waals surface area contributed by atoms with Gasteiger partial charge in [0.25, 0.3) is 0 Å². The van der Waals surface area contributed by atoms with E-state index in [1.165, 1.54) is 6.07 Å². The molecule has 0 radical (unpaired) electrons. The maximum absolute atomic E-state index is 12.1. The number of hydrogen-bond acceptors (Lipinski definition) is 4. The highest BCUT2D eigenvalue weighted by atomic mass is 32.2. The third-order valence-corrected chi connectivity index (χ3v) is 4.87. The zero-order valence-electron chi connectivity index (χ0n) is 14.3. The molecule has 3 aromatic rings. The fourth-order valence-electron chi connectivity index (χ4n) is 2.67. The number of nitrogens with zero attached hydrogens (tertiary/aromatic N) is 1. The molecule has 0 saturated heterocycles. The predicted octanol–water partition coefficient (Wildman–Crippen LogP) is 2.87. The molecule has 0 spiro atoms. The van der Waals surface area contributed by atoms with E-state index in [9.17, 15) is 18.3 Å². The third kappa shape index (κ3) is 4.55. The van der Waals surface area contributed by atoms with Crippen molar-refractivity contribution in [2.45, 2.75) is 17.9 Å². The Morgan fingerprint density at radius 1 is 1.07 bits per heavy atom. The van der Waals surface area contributed by atoms with E-state index in [-0.39, 0.29) is 16.2 Å². The maximum Gasteiger partial charge on any atom is 0.335 e. The topological polar surface area (TPSA) is 112 Å².